The Morgan fingerprint density at radius 3 is 1.37 bits per heavy atom. The highest BCUT2D eigenvalue weighted by Crippen LogP contribution is 2.38. The zero-order valence-electron chi connectivity index (χ0n) is 42.3. The Morgan fingerprint density at radius 1 is 0.540 bits per heavy atom. The molecular formula is C53H103N2O7P. The van der Waals surface area contributed by atoms with Gasteiger partial charge < -0.3 is 28.5 Å². The second kappa shape index (κ2) is 44.3. The number of hydrogen-bond acceptors (Lipinski definition) is 7. The second-order valence-electron chi connectivity index (χ2n) is 19.4. The van der Waals surface area contributed by atoms with E-state index in [2.05, 4.69) is 38.2 Å². The number of ether oxygens (including phenoxy) is 1. The predicted molar refractivity (Wildman–Crippen MR) is 266 cm³/mol. The number of phosphoric acid groups is 1. The summed E-state index contributed by atoms with van der Waals surface area (Å²) in [6.45, 7) is 6.81. The third kappa shape index (κ3) is 45.4. The topological polar surface area (TPSA) is 114 Å². The van der Waals surface area contributed by atoms with Crippen molar-refractivity contribution in [3.63, 3.8) is 0 Å². The molecule has 10 heteroatoms. The number of esters is 1. The maximum atomic E-state index is 13.4. The molecule has 0 spiro atoms. The van der Waals surface area contributed by atoms with Crippen LogP contribution < -0.4 is 10.2 Å². The van der Waals surface area contributed by atoms with Crippen molar-refractivity contribution in [3.05, 3.63) is 24.3 Å². The standard InChI is InChI=1S/C53H103N2O7P/c1-7-10-13-16-19-22-25-26-27-28-31-33-36-39-42-45-52(56)54-50(49-61-63(58,59)60-48-47-55(4,5)6)51(44-41-38-35-32-29-23-20-17-14-11-8-2)62-53(57)46-43-40-37-34-30-24-21-18-15-12-9-3/h22,25,41,44,50-51H,7-21,23-24,26-40,42-43,45-49H2,1-6H3,(H-,54,56,58,59)/b25-22-,44-41+. The zero-order chi connectivity index (χ0) is 46.5. The van der Waals surface area contributed by atoms with Crippen molar-refractivity contribution in [2.24, 2.45) is 0 Å². The molecule has 0 fully saturated rings. The number of quaternary nitrogens is 1. The van der Waals surface area contributed by atoms with Gasteiger partial charge >= 0.3 is 5.97 Å². The van der Waals surface area contributed by atoms with Crippen molar-refractivity contribution >= 4 is 19.7 Å². The summed E-state index contributed by atoms with van der Waals surface area (Å²) in [5.41, 5.74) is 0. The van der Waals surface area contributed by atoms with E-state index in [0.29, 0.717) is 17.4 Å². The van der Waals surface area contributed by atoms with Crippen LogP contribution in [0, 0.1) is 0 Å². The minimum absolute atomic E-state index is 0.0203. The number of hydrogen-bond donors (Lipinski definition) is 1. The number of unbranched alkanes of at least 4 members (excludes halogenated alkanes) is 30. The molecule has 0 bridgehead atoms. The Balaban J connectivity index is 5.37. The Bertz CT molecular complexity index is 1140. The van der Waals surface area contributed by atoms with E-state index in [1.807, 2.05) is 33.3 Å². The molecule has 0 aliphatic heterocycles. The fourth-order valence-corrected chi connectivity index (χ4v) is 8.42. The number of nitrogens with one attached hydrogen (secondary N) is 1. The lowest BCUT2D eigenvalue weighted by Crippen LogP contribution is -2.47. The lowest BCUT2D eigenvalue weighted by molar-refractivity contribution is -0.870. The number of allylic oxidation sites excluding steroid dienone is 3. The van der Waals surface area contributed by atoms with E-state index >= 15 is 0 Å². The molecule has 0 aliphatic rings. The van der Waals surface area contributed by atoms with Crippen LogP contribution in [-0.4, -0.2) is 69.4 Å². The molecule has 0 aromatic rings. The summed E-state index contributed by atoms with van der Waals surface area (Å²) in [5.74, 6) is -0.540. The molecule has 3 unspecified atom stereocenters. The van der Waals surface area contributed by atoms with E-state index in [9.17, 15) is 19.0 Å². The van der Waals surface area contributed by atoms with Crippen LogP contribution in [0.15, 0.2) is 24.3 Å². The van der Waals surface area contributed by atoms with Gasteiger partial charge in [-0.15, -0.1) is 0 Å². The van der Waals surface area contributed by atoms with Crippen LogP contribution in [0.25, 0.3) is 0 Å². The Labute approximate surface area is 390 Å². The van der Waals surface area contributed by atoms with Crippen molar-refractivity contribution in [2.75, 3.05) is 40.9 Å². The van der Waals surface area contributed by atoms with E-state index in [0.717, 1.165) is 70.6 Å². The van der Waals surface area contributed by atoms with Gasteiger partial charge in [-0.2, -0.15) is 0 Å². The first-order chi connectivity index (χ1) is 30.4. The quantitative estimate of drug-likeness (QED) is 0.0213. The summed E-state index contributed by atoms with van der Waals surface area (Å²) in [4.78, 5) is 39.6. The molecule has 0 aromatic carbocycles. The number of nitrogens with zero attached hydrogens (tertiary/aromatic N) is 1. The van der Waals surface area contributed by atoms with Crippen LogP contribution in [0.5, 0.6) is 0 Å². The maximum Gasteiger partial charge on any atom is 0.306 e. The minimum Gasteiger partial charge on any atom is -0.756 e. The number of phosphoric ester groups is 1. The third-order valence-corrected chi connectivity index (χ3v) is 12.8. The molecular weight excluding hydrogens is 808 g/mol. The summed E-state index contributed by atoms with van der Waals surface area (Å²) in [6.07, 6.45) is 48.5. The Kier molecular flexibility index (Phi) is 43.3. The molecule has 3 atom stereocenters. The van der Waals surface area contributed by atoms with Crippen molar-refractivity contribution in [2.45, 2.75) is 264 Å². The first-order valence-electron chi connectivity index (χ1n) is 26.6. The lowest BCUT2D eigenvalue weighted by atomic mass is 10.0. The molecule has 1 N–H and O–H groups in total. The SMILES string of the molecule is CCCCCC/C=C\CCCCCCCCCC(=O)NC(COP(=O)([O-])OCC[N+](C)(C)C)C(/C=C/CCCCCCCCCCC)OC(=O)CCCCCCCCCCCCC. The molecule has 0 aliphatic carbocycles. The number of rotatable bonds is 48. The predicted octanol–water partition coefficient (Wildman–Crippen LogP) is 14.8. The molecule has 0 heterocycles. The minimum atomic E-state index is -4.68. The van der Waals surface area contributed by atoms with Gasteiger partial charge in [-0.3, -0.25) is 14.2 Å². The summed E-state index contributed by atoms with van der Waals surface area (Å²) in [6, 6.07) is -0.882. The highest BCUT2D eigenvalue weighted by molar-refractivity contribution is 7.45. The van der Waals surface area contributed by atoms with Crippen LogP contribution in [0.2, 0.25) is 0 Å². The second-order valence-corrected chi connectivity index (χ2v) is 20.8. The molecule has 0 saturated heterocycles. The summed E-state index contributed by atoms with van der Waals surface area (Å²) >= 11 is 0. The smallest absolute Gasteiger partial charge is 0.306 e. The molecule has 0 radical (unpaired) electrons. The Morgan fingerprint density at radius 2 is 0.921 bits per heavy atom. The van der Waals surface area contributed by atoms with E-state index < -0.39 is 20.0 Å². The van der Waals surface area contributed by atoms with Gasteiger partial charge in [0.05, 0.1) is 33.8 Å². The van der Waals surface area contributed by atoms with E-state index in [1.54, 1.807) is 0 Å². The molecule has 9 nitrogen and oxygen atoms in total. The van der Waals surface area contributed by atoms with Crippen LogP contribution in [-0.2, 0) is 27.9 Å². The van der Waals surface area contributed by atoms with Crippen molar-refractivity contribution in [3.8, 4) is 0 Å². The average Bonchev–Trinajstić information content (AvgIpc) is 3.23. The number of carbonyl (C=O) groups excluding carboxylic acids is 2. The molecule has 0 aromatic heterocycles. The van der Waals surface area contributed by atoms with Gasteiger partial charge in [0.25, 0.3) is 7.82 Å². The van der Waals surface area contributed by atoms with Gasteiger partial charge in [0, 0.05) is 12.8 Å². The van der Waals surface area contributed by atoms with Gasteiger partial charge in [-0.1, -0.05) is 206 Å². The zero-order valence-corrected chi connectivity index (χ0v) is 43.2. The summed E-state index contributed by atoms with van der Waals surface area (Å²) in [7, 11) is 1.19. The van der Waals surface area contributed by atoms with Crippen molar-refractivity contribution < 1.29 is 37.3 Å². The normalized spacial score (nSPS) is 14.1. The average molecular weight is 911 g/mol. The molecule has 0 rings (SSSR count). The fourth-order valence-electron chi connectivity index (χ4n) is 7.69. The highest BCUT2D eigenvalue weighted by atomic mass is 31.2. The fraction of sp³-hybridized carbons (Fsp3) is 0.887. The number of likely N-dealkylation sites (N-methyl/N-ethyl adjacent to an activating group) is 1. The third-order valence-electron chi connectivity index (χ3n) is 11.9. The van der Waals surface area contributed by atoms with E-state index in [1.165, 1.54) is 148 Å². The first-order valence-corrected chi connectivity index (χ1v) is 28.1. The number of carbonyl (C=O) groups is 2. The van der Waals surface area contributed by atoms with Gasteiger partial charge in [0.2, 0.25) is 5.91 Å². The highest BCUT2D eigenvalue weighted by Gasteiger charge is 2.27. The van der Waals surface area contributed by atoms with Gasteiger partial charge in [0.1, 0.15) is 19.3 Å². The van der Waals surface area contributed by atoms with Crippen LogP contribution >= 0.6 is 7.82 Å². The first kappa shape index (κ1) is 61.5. The molecule has 372 valence electrons. The van der Waals surface area contributed by atoms with Gasteiger partial charge in [0.15, 0.2) is 0 Å². The lowest BCUT2D eigenvalue weighted by Gasteiger charge is -2.30. The molecule has 63 heavy (non-hydrogen) atoms. The van der Waals surface area contributed by atoms with Crippen LogP contribution in [0.4, 0.5) is 0 Å². The number of amides is 1. The van der Waals surface area contributed by atoms with E-state index in [-0.39, 0.29) is 31.5 Å². The molecule has 0 saturated carbocycles. The van der Waals surface area contributed by atoms with Gasteiger partial charge in [-0.05, 0) is 57.4 Å². The Hall–Kier alpha value is -1.51. The van der Waals surface area contributed by atoms with Crippen molar-refractivity contribution in [1.29, 1.82) is 0 Å². The summed E-state index contributed by atoms with van der Waals surface area (Å²) in [5, 5.41) is 3.01. The summed E-state index contributed by atoms with van der Waals surface area (Å²) < 4.78 is 30.1. The van der Waals surface area contributed by atoms with Crippen molar-refractivity contribution in [1.82, 2.24) is 5.32 Å². The van der Waals surface area contributed by atoms with E-state index in [4.69, 9.17) is 13.8 Å². The van der Waals surface area contributed by atoms with Gasteiger partial charge in [-0.25, -0.2) is 0 Å². The molecule has 1 amide bonds. The van der Waals surface area contributed by atoms with Crippen LogP contribution in [0.3, 0.4) is 0 Å². The van der Waals surface area contributed by atoms with Crippen LogP contribution in [0.1, 0.15) is 252 Å². The monoisotopic (exact) mass is 911 g/mol. The maximum absolute atomic E-state index is 13.4. The largest absolute Gasteiger partial charge is 0.756 e.